The number of carbonyl (C=O) groups is 2. The van der Waals surface area contributed by atoms with E-state index in [0.29, 0.717) is 36.8 Å². The Morgan fingerprint density at radius 2 is 1.91 bits per heavy atom. The molecule has 7 nitrogen and oxygen atoms in total. The molecular weight excluding hydrogens is 300 g/mol. The highest BCUT2D eigenvalue weighted by atomic mass is 16.5. The van der Waals surface area contributed by atoms with E-state index in [0.717, 1.165) is 0 Å². The van der Waals surface area contributed by atoms with Crippen molar-refractivity contribution in [3.63, 3.8) is 0 Å². The number of morpholine rings is 1. The summed E-state index contributed by atoms with van der Waals surface area (Å²) < 4.78 is 15.7. The number of hydrogen-bond acceptors (Lipinski definition) is 5. The second kappa shape index (κ2) is 7.82. The molecular formula is C16H22N2O5. The van der Waals surface area contributed by atoms with Gasteiger partial charge in [0, 0.05) is 24.7 Å². The molecule has 1 unspecified atom stereocenters. The van der Waals surface area contributed by atoms with Gasteiger partial charge in [0.15, 0.2) is 0 Å². The largest absolute Gasteiger partial charge is 0.497 e. The molecule has 0 bridgehead atoms. The first-order chi connectivity index (χ1) is 11.0. The van der Waals surface area contributed by atoms with Crippen LogP contribution in [0.1, 0.15) is 17.3 Å². The minimum Gasteiger partial charge on any atom is -0.497 e. The van der Waals surface area contributed by atoms with Gasteiger partial charge in [-0.15, -0.1) is 0 Å². The molecule has 23 heavy (non-hydrogen) atoms. The van der Waals surface area contributed by atoms with Crippen LogP contribution in [-0.4, -0.2) is 63.3 Å². The van der Waals surface area contributed by atoms with Crippen LogP contribution in [0.4, 0.5) is 0 Å². The Morgan fingerprint density at radius 1 is 1.26 bits per heavy atom. The number of hydrogen-bond donors (Lipinski definition) is 1. The molecule has 2 amide bonds. The standard InChI is InChI=1S/C16H22N2O5/c1-11-10-18(4-5-23-11)15(19)9-17-16(20)12-6-13(21-2)8-14(7-12)22-3/h6-8,11H,4-5,9-10H2,1-3H3,(H,17,20). The Bertz CT molecular complexity index is 553. The Balaban J connectivity index is 1.95. The first-order valence-corrected chi connectivity index (χ1v) is 7.44. The predicted molar refractivity (Wildman–Crippen MR) is 83.9 cm³/mol. The van der Waals surface area contributed by atoms with E-state index >= 15 is 0 Å². The third-order valence-corrected chi connectivity index (χ3v) is 3.61. The Kier molecular flexibility index (Phi) is 5.81. The molecule has 0 spiro atoms. The predicted octanol–water partition coefficient (Wildman–Crippen LogP) is 0.681. The molecule has 1 aliphatic rings. The van der Waals surface area contributed by atoms with Crippen molar-refractivity contribution in [3.05, 3.63) is 23.8 Å². The summed E-state index contributed by atoms with van der Waals surface area (Å²) in [6.07, 6.45) is 0.0195. The molecule has 0 saturated carbocycles. The smallest absolute Gasteiger partial charge is 0.251 e. The van der Waals surface area contributed by atoms with Gasteiger partial charge in [0.1, 0.15) is 11.5 Å². The van der Waals surface area contributed by atoms with Crippen LogP contribution in [0.3, 0.4) is 0 Å². The van der Waals surface area contributed by atoms with Gasteiger partial charge in [-0.05, 0) is 19.1 Å². The van der Waals surface area contributed by atoms with Crippen LogP contribution >= 0.6 is 0 Å². The summed E-state index contributed by atoms with van der Waals surface area (Å²) in [6, 6.07) is 4.87. The van der Waals surface area contributed by atoms with Crippen molar-refractivity contribution in [2.45, 2.75) is 13.0 Å². The third-order valence-electron chi connectivity index (χ3n) is 3.61. The lowest BCUT2D eigenvalue weighted by atomic mass is 10.2. The van der Waals surface area contributed by atoms with Crippen LogP contribution in [-0.2, 0) is 9.53 Å². The fourth-order valence-corrected chi connectivity index (χ4v) is 2.35. The lowest BCUT2D eigenvalue weighted by molar-refractivity contribution is -0.137. The number of ether oxygens (including phenoxy) is 3. The van der Waals surface area contributed by atoms with Gasteiger partial charge in [0.2, 0.25) is 5.91 Å². The lowest BCUT2D eigenvalue weighted by Gasteiger charge is -2.31. The molecule has 1 aromatic carbocycles. The summed E-state index contributed by atoms with van der Waals surface area (Å²) in [5.74, 6) is 0.561. The van der Waals surface area contributed by atoms with Crippen LogP contribution in [0.15, 0.2) is 18.2 Å². The number of nitrogens with one attached hydrogen (secondary N) is 1. The van der Waals surface area contributed by atoms with Crippen molar-refractivity contribution in [3.8, 4) is 11.5 Å². The summed E-state index contributed by atoms with van der Waals surface area (Å²) in [5.41, 5.74) is 0.379. The molecule has 1 saturated heterocycles. The summed E-state index contributed by atoms with van der Waals surface area (Å²) in [6.45, 7) is 3.48. The molecule has 1 fully saturated rings. The van der Waals surface area contributed by atoms with Crippen LogP contribution in [0.5, 0.6) is 11.5 Å². The van der Waals surface area contributed by atoms with E-state index in [9.17, 15) is 9.59 Å². The molecule has 126 valence electrons. The number of amides is 2. The fourth-order valence-electron chi connectivity index (χ4n) is 2.35. The lowest BCUT2D eigenvalue weighted by Crippen LogP contribution is -2.48. The van der Waals surface area contributed by atoms with Gasteiger partial charge < -0.3 is 24.4 Å². The van der Waals surface area contributed by atoms with Gasteiger partial charge in [-0.1, -0.05) is 0 Å². The monoisotopic (exact) mass is 322 g/mol. The summed E-state index contributed by atoms with van der Waals surface area (Å²) in [5, 5.41) is 2.63. The molecule has 0 aliphatic carbocycles. The second-order valence-electron chi connectivity index (χ2n) is 5.31. The molecule has 0 radical (unpaired) electrons. The number of methoxy groups -OCH3 is 2. The van der Waals surface area contributed by atoms with E-state index in [1.165, 1.54) is 14.2 Å². The maximum Gasteiger partial charge on any atom is 0.251 e. The van der Waals surface area contributed by atoms with E-state index < -0.39 is 0 Å². The molecule has 1 heterocycles. The Hall–Kier alpha value is -2.28. The van der Waals surface area contributed by atoms with Crippen molar-refractivity contribution < 1.29 is 23.8 Å². The summed E-state index contributed by atoms with van der Waals surface area (Å²) >= 11 is 0. The van der Waals surface area contributed by atoms with Crippen LogP contribution in [0, 0.1) is 0 Å². The third kappa shape index (κ3) is 4.59. The number of benzene rings is 1. The quantitative estimate of drug-likeness (QED) is 0.863. The van der Waals surface area contributed by atoms with Crippen molar-refractivity contribution in [1.29, 1.82) is 0 Å². The zero-order chi connectivity index (χ0) is 16.8. The number of nitrogens with zero attached hydrogens (tertiary/aromatic N) is 1. The molecule has 0 aromatic heterocycles. The van der Waals surface area contributed by atoms with Crippen molar-refractivity contribution >= 4 is 11.8 Å². The van der Waals surface area contributed by atoms with Crippen molar-refractivity contribution in [2.24, 2.45) is 0 Å². The average molecular weight is 322 g/mol. The molecule has 2 rings (SSSR count). The Labute approximate surface area is 135 Å². The molecule has 7 heteroatoms. The molecule has 1 atom stereocenters. The zero-order valence-corrected chi connectivity index (χ0v) is 13.6. The summed E-state index contributed by atoms with van der Waals surface area (Å²) in [4.78, 5) is 26.0. The number of carbonyl (C=O) groups excluding carboxylic acids is 2. The van der Waals surface area contributed by atoms with E-state index in [-0.39, 0.29) is 24.5 Å². The fraction of sp³-hybridized carbons (Fsp3) is 0.500. The van der Waals surface area contributed by atoms with E-state index in [4.69, 9.17) is 14.2 Å². The SMILES string of the molecule is COc1cc(OC)cc(C(=O)NCC(=O)N2CCOC(C)C2)c1. The van der Waals surface area contributed by atoms with Crippen molar-refractivity contribution in [2.75, 3.05) is 40.5 Å². The van der Waals surface area contributed by atoms with Gasteiger partial charge in [-0.2, -0.15) is 0 Å². The van der Waals surface area contributed by atoms with Gasteiger partial charge in [0.05, 0.1) is 33.5 Å². The highest BCUT2D eigenvalue weighted by molar-refractivity contribution is 5.97. The maximum atomic E-state index is 12.2. The highest BCUT2D eigenvalue weighted by Crippen LogP contribution is 2.22. The van der Waals surface area contributed by atoms with E-state index in [1.807, 2.05) is 6.92 Å². The van der Waals surface area contributed by atoms with E-state index in [1.54, 1.807) is 23.1 Å². The van der Waals surface area contributed by atoms with Crippen LogP contribution in [0.25, 0.3) is 0 Å². The van der Waals surface area contributed by atoms with Gasteiger partial charge in [0.25, 0.3) is 5.91 Å². The first-order valence-electron chi connectivity index (χ1n) is 7.44. The zero-order valence-electron chi connectivity index (χ0n) is 13.6. The molecule has 1 N–H and O–H groups in total. The molecule has 1 aliphatic heterocycles. The average Bonchev–Trinajstić information content (AvgIpc) is 2.58. The minimum atomic E-state index is -0.350. The topological polar surface area (TPSA) is 77.1 Å². The minimum absolute atomic E-state index is 0.0195. The highest BCUT2D eigenvalue weighted by Gasteiger charge is 2.21. The van der Waals surface area contributed by atoms with Gasteiger partial charge in [-0.25, -0.2) is 0 Å². The summed E-state index contributed by atoms with van der Waals surface area (Å²) in [7, 11) is 3.03. The Morgan fingerprint density at radius 3 is 2.48 bits per heavy atom. The maximum absolute atomic E-state index is 12.2. The van der Waals surface area contributed by atoms with Crippen LogP contribution in [0.2, 0.25) is 0 Å². The van der Waals surface area contributed by atoms with Crippen LogP contribution < -0.4 is 14.8 Å². The van der Waals surface area contributed by atoms with Gasteiger partial charge in [-0.3, -0.25) is 9.59 Å². The molecule has 1 aromatic rings. The first kappa shape index (κ1) is 17.1. The van der Waals surface area contributed by atoms with Crippen molar-refractivity contribution in [1.82, 2.24) is 10.2 Å². The normalized spacial score (nSPS) is 17.5. The second-order valence-corrected chi connectivity index (χ2v) is 5.31. The number of rotatable bonds is 5. The van der Waals surface area contributed by atoms with Gasteiger partial charge >= 0.3 is 0 Å². The van der Waals surface area contributed by atoms with E-state index in [2.05, 4.69) is 5.32 Å².